The lowest BCUT2D eigenvalue weighted by atomic mass is 10.0. The third-order valence-corrected chi connectivity index (χ3v) is 3.45. The normalized spacial score (nSPS) is 10.8. The highest BCUT2D eigenvalue weighted by molar-refractivity contribution is 5.89. The van der Waals surface area contributed by atoms with E-state index in [0.29, 0.717) is 5.56 Å². The molecule has 3 aromatic carbocycles. The van der Waals surface area contributed by atoms with Crippen LogP contribution in [0.4, 0.5) is 11.4 Å². The van der Waals surface area contributed by atoms with Crippen LogP contribution in [0.2, 0.25) is 0 Å². The van der Waals surface area contributed by atoms with Crippen molar-refractivity contribution in [3.63, 3.8) is 0 Å². The van der Waals surface area contributed by atoms with Gasteiger partial charge in [0.2, 0.25) is 0 Å². The molecule has 0 saturated carbocycles. The molecule has 1 N–H and O–H groups in total. The predicted octanol–water partition coefficient (Wildman–Crippen LogP) is 5.21. The molecule has 0 aromatic heterocycles. The minimum atomic E-state index is 0.0540. The van der Waals surface area contributed by atoms with Crippen LogP contribution in [0.1, 0.15) is 5.56 Å². The monoisotopic (exact) mass is 302 g/mol. The Kier molecular flexibility index (Phi) is 4.25. The summed E-state index contributed by atoms with van der Waals surface area (Å²) in [4.78, 5) is 15.1. The molecule has 112 valence electrons. The zero-order chi connectivity index (χ0) is 16.1. The van der Waals surface area contributed by atoms with E-state index in [9.17, 15) is 10.0 Å². The number of hydrogen-bond donors (Lipinski definition) is 1. The number of hydrogen-bond acceptors (Lipinski definition) is 4. The second-order valence-electron chi connectivity index (χ2n) is 4.98. The number of phenols is 1. The van der Waals surface area contributed by atoms with Crippen molar-refractivity contribution in [1.29, 1.82) is 0 Å². The number of para-hydroxylation sites is 1. The van der Waals surface area contributed by atoms with Gasteiger partial charge in [0, 0.05) is 17.3 Å². The molecule has 4 nitrogen and oxygen atoms in total. The Morgan fingerprint density at radius 3 is 2.39 bits per heavy atom. The third kappa shape index (κ3) is 3.32. The van der Waals surface area contributed by atoms with Gasteiger partial charge in [0.25, 0.3) is 0 Å². The molecular formula is C19H14N2O2. The molecule has 0 fully saturated rings. The van der Waals surface area contributed by atoms with Crippen LogP contribution in [0.25, 0.3) is 11.1 Å². The highest BCUT2D eigenvalue weighted by Crippen LogP contribution is 2.30. The van der Waals surface area contributed by atoms with Crippen molar-refractivity contribution >= 4 is 17.6 Å². The van der Waals surface area contributed by atoms with Crippen LogP contribution in [-0.2, 0) is 0 Å². The predicted molar refractivity (Wildman–Crippen MR) is 92.7 cm³/mol. The molecule has 0 spiro atoms. The molecule has 3 rings (SSSR count). The van der Waals surface area contributed by atoms with E-state index in [1.165, 1.54) is 24.4 Å². The average molecular weight is 302 g/mol. The molecule has 0 saturated heterocycles. The standard InChI is InChI=1S/C19H14N2O2/c22-19-11-10-16(21-23)12-15(19)13-20-18-9-5-4-8-17(18)14-6-2-1-3-7-14/h1-13,22H. The van der Waals surface area contributed by atoms with Crippen molar-refractivity contribution in [2.24, 2.45) is 10.2 Å². The first kappa shape index (κ1) is 14.7. The van der Waals surface area contributed by atoms with Crippen LogP contribution >= 0.6 is 0 Å². The van der Waals surface area contributed by atoms with Gasteiger partial charge in [-0.25, -0.2) is 0 Å². The molecular weight excluding hydrogens is 288 g/mol. The summed E-state index contributed by atoms with van der Waals surface area (Å²) in [6, 6.07) is 22.1. The van der Waals surface area contributed by atoms with Crippen LogP contribution in [0, 0.1) is 4.91 Å². The SMILES string of the molecule is O=Nc1ccc(O)c(C=Nc2ccccc2-c2ccccc2)c1. The molecule has 23 heavy (non-hydrogen) atoms. The molecule has 0 radical (unpaired) electrons. The van der Waals surface area contributed by atoms with Crippen molar-refractivity contribution in [2.45, 2.75) is 0 Å². The van der Waals surface area contributed by atoms with Crippen LogP contribution in [0.3, 0.4) is 0 Å². The Balaban J connectivity index is 2.00. The molecule has 0 aliphatic carbocycles. The first-order valence-electron chi connectivity index (χ1n) is 7.13. The zero-order valence-corrected chi connectivity index (χ0v) is 12.3. The van der Waals surface area contributed by atoms with E-state index in [4.69, 9.17) is 0 Å². The van der Waals surface area contributed by atoms with Gasteiger partial charge in [-0.3, -0.25) is 4.99 Å². The summed E-state index contributed by atoms with van der Waals surface area (Å²) in [6.45, 7) is 0. The fourth-order valence-corrected chi connectivity index (χ4v) is 2.29. The van der Waals surface area contributed by atoms with E-state index >= 15 is 0 Å². The highest BCUT2D eigenvalue weighted by atomic mass is 16.3. The number of phenolic OH excluding ortho intramolecular Hbond substituents is 1. The van der Waals surface area contributed by atoms with Gasteiger partial charge < -0.3 is 5.11 Å². The Bertz CT molecular complexity index is 858. The van der Waals surface area contributed by atoms with E-state index < -0.39 is 0 Å². The van der Waals surface area contributed by atoms with E-state index in [2.05, 4.69) is 10.2 Å². The minimum Gasteiger partial charge on any atom is -0.507 e. The van der Waals surface area contributed by atoms with Gasteiger partial charge in [-0.1, -0.05) is 48.5 Å². The smallest absolute Gasteiger partial charge is 0.124 e. The maximum atomic E-state index is 10.6. The van der Waals surface area contributed by atoms with Gasteiger partial charge in [0.05, 0.1) is 5.69 Å². The van der Waals surface area contributed by atoms with Gasteiger partial charge >= 0.3 is 0 Å². The van der Waals surface area contributed by atoms with Crippen molar-refractivity contribution in [2.75, 3.05) is 0 Å². The summed E-state index contributed by atoms with van der Waals surface area (Å²) in [7, 11) is 0. The summed E-state index contributed by atoms with van der Waals surface area (Å²) < 4.78 is 0. The third-order valence-electron chi connectivity index (χ3n) is 3.45. The van der Waals surface area contributed by atoms with Crippen molar-refractivity contribution in [1.82, 2.24) is 0 Å². The van der Waals surface area contributed by atoms with Gasteiger partial charge in [-0.05, 0) is 35.0 Å². The van der Waals surface area contributed by atoms with E-state index in [1.54, 1.807) is 0 Å². The Morgan fingerprint density at radius 2 is 1.61 bits per heavy atom. The molecule has 0 aliphatic rings. The Hall–Kier alpha value is -3.27. The Labute approximate surface area is 133 Å². The lowest BCUT2D eigenvalue weighted by molar-refractivity contribution is 0.474. The molecule has 0 heterocycles. The van der Waals surface area contributed by atoms with E-state index in [-0.39, 0.29) is 11.4 Å². The van der Waals surface area contributed by atoms with Crippen LogP contribution in [0.15, 0.2) is 83.0 Å². The van der Waals surface area contributed by atoms with Crippen molar-refractivity contribution in [3.8, 4) is 16.9 Å². The van der Waals surface area contributed by atoms with Gasteiger partial charge in [-0.2, -0.15) is 0 Å². The second kappa shape index (κ2) is 6.66. The summed E-state index contributed by atoms with van der Waals surface area (Å²) in [5.74, 6) is 0.0540. The van der Waals surface area contributed by atoms with Crippen molar-refractivity contribution < 1.29 is 5.11 Å². The summed E-state index contributed by atoms with van der Waals surface area (Å²) >= 11 is 0. The molecule has 4 heteroatoms. The number of rotatable bonds is 4. The Morgan fingerprint density at radius 1 is 0.870 bits per heavy atom. The van der Waals surface area contributed by atoms with Gasteiger partial charge in [0.1, 0.15) is 11.4 Å². The molecule has 0 amide bonds. The van der Waals surface area contributed by atoms with Gasteiger partial charge in [-0.15, -0.1) is 4.91 Å². The second-order valence-corrected chi connectivity index (χ2v) is 4.98. The van der Waals surface area contributed by atoms with Crippen LogP contribution in [0.5, 0.6) is 5.75 Å². The fraction of sp³-hybridized carbons (Fsp3) is 0. The topological polar surface area (TPSA) is 62.0 Å². The average Bonchev–Trinajstić information content (AvgIpc) is 2.62. The fourth-order valence-electron chi connectivity index (χ4n) is 2.29. The first-order chi connectivity index (χ1) is 11.3. The molecule has 0 unspecified atom stereocenters. The molecule has 0 aliphatic heterocycles. The maximum absolute atomic E-state index is 10.6. The van der Waals surface area contributed by atoms with E-state index in [0.717, 1.165) is 16.8 Å². The van der Waals surface area contributed by atoms with Crippen LogP contribution < -0.4 is 0 Å². The minimum absolute atomic E-state index is 0.0540. The zero-order valence-electron chi connectivity index (χ0n) is 12.3. The highest BCUT2D eigenvalue weighted by Gasteiger charge is 2.04. The quantitative estimate of drug-likeness (QED) is 0.531. The lowest BCUT2D eigenvalue weighted by Crippen LogP contribution is -1.83. The number of aliphatic imine (C=N–C) groups is 1. The molecule has 0 atom stereocenters. The lowest BCUT2D eigenvalue weighted by Gasteiger charge is -2.05. The first-order valence-corrected chi connectivity index (χ1v) is 7.13. The number of nitroso groups, excluding NO2 is 1. The molecule has 0 bridgehead atoms. The number of benzene rings is 3. The van der Waals surface area contributed by atoms with Crippen molar-refractivity contribution in [3.05, 3.63) is 83.3 Å². The summed E-state index contributed by atoms with van der Waals surface area (Å²) in [5, 5.41) is 12.7. The molecule has 3 aromatic rings. The summed E-state index contributed by atoms with van der Waals surface area (Å²) in [5.41, 5.74) is 3.54. The largest absolute Gasteiger partial charge is 0.507 e. The van der Waals surface area contributed by atoms with Crippen LogP contribution in [-0.4, -0.2) is 11.3 Å². The van der Waals surface area contributed by atoms with E-state index in [1.807, 2.05) is 54.6 Å². The summed E-state index contributed by atoms with van der Waals surface area (Å²) in [6.07, 6.45) is 1.53. The maximum Gasteiger partial charge on any atom is 0.124 e. The number of aromatic hydroxyl groups is 1. The number of nitrogens with zero attached hydrogens (tertiary/aromatic N) is 2. The van der Waals surface area contributed by atoms with Gasteiger partial charge in [0.15, 0.2) is 0 Å².